The van der Waals surface area contributed by atoms with Crippen molar-refractivity contribution in [1.29, 1.82) is 0 Å². The molecular weight excluding hydrogens is 815 g/mol. The smallest absolute Gasteiger partial charge is 0.0114 e. The Balaban J connectivity index is 0.000000223. The minimum absolute atomic E-state index is 0. The maximum absolute atomic E-state index is 3.06. The molecule has 0 aromatic heterocycles. The second kappa shape index (κ2) is 21.5. The van der Waals surface area contributed by atoms with E-state index in [4.69, 9.17) is 0 Å². The molecule has 288 valence electrons. The van der Waals surface area contributed by atoms with E-state index in [9.17, 15) is 0 Å². The predicted octanol–water partition coefficient (Wildman–Crippen LogP) is 15.6. The van der Waals surface area contributed by atoms with Crippen LogP contribution in [0.25, 0.3) is 65.3 Å². The van der Waals surface area contributed by atoms with Gasteiger partial charge < -0.3 is 14.9 Å². The third-order valence-electron chi connectivity index (χ3n) is 11.8. The molecule has 0 aliphatic heterocycles. The van der Waals surface area contributed by atoms with Crippen LogP contribution in [-0.2, 0) is 36.2 Å². The van der Waals surface area contributed by atoms with Crippen LogP contribution >= 0.6 is 24.8 Å². The molecule has 2 radical (unpaired) electrons. The molecule has 4 heteroatoms. The molecule has 8 aromatic carbocycles. The monoisotopic (exact) mass is 866 g/mol. The van der Waals surface area contributed by atoms with Crippen LogP contribution < -0.4 is 0 Å². The average Bonchev–Trinajstić information content (AvgIpc) is 4.04. The first-order valence-corrected chi connectivity index (χ1v) is 23.5. The fourth-order valence-electron chi connectivity index (χ4n) is 9.32. The molecule has 0 amide bonds. The van der Waals surface area contributed by atoms with Crippen LogP contribution in [0.2, 0.25) is 0 Å². The second-order valence-corrected chi connectivity index (χ2v) is 15.1. The van der Waals surface area contributed by atoms with Crippen molar-refractivity contribution in [3.8, 4) is 22.3 Å². The van der Waals surface area contributed by atoms with Crippen molar-refractivity contribution in [2.45, 2.75) is 64.2 Å². The van der Waals surface area contributed by atoms with E-state index in [1.807, 2.05) is 0 Å². The first-order valence-electron chi connectivity index (χ1n) is 19.3. The van der Waals surface area contributed by atoms with E-state index < -0.39 is 0 Å². The first-order chi connectivity index (χ1) is 25.8. The zero-order chi connectivity index (χ0) is 35.3. The normalized spacial score (nSPS) is 13.8. The summed E-state index contributed by atoms with van der Waals surface area (Å²) in [6.07, 6.45) is 13.9. The standard InChI is InChI=1S/2C25H23.2CH3.2ClH.Si.Zr/c2*1-2-8-18(7-1)15-19-16-21-11-6-14-24(25(21)17-19)23-13-5-10-20-9-3-4-12-22(20)23;;;;;;/h2*3-6,9-14,16-18H,1-2,7-8,15H2;2*1H3;2*1H;;/q4*-1;;;;. The second-order valence-electron chi connectivity index (χ2n) is 15.1. The van der Waals surface area contributed by atoms with Gasteiger partial charge in [-0.3, -0.25) is 0 Å². The minimum Gasteiger partial charge on any atom is -0.164 e. The Morgan fingerprint density at radius 2 is 0.750 bits per heavy atom. The maximum Gasteiger partial charge on any atom is -0.0114 e. The Morgan fingerprint density at radius 1 is 0.429 bits per heavy atom. The van der Waals surface area contributed by atoms with Gasteiger partial charge in [-0.15, -0.1) is 93.9 Å². The van der Waals surface area contributed by atoms with Gasteiger partial charge >= 0.3 is 30.2 Å². The Bertz CT molecular complexity index is 2260. The van der Waals surface area contributed by atoms with Gasteiger partial charge in [0.2, 0.25) is 0 Å². The van der Waals surface area contributed by atoms with E-state index in [2.05, 4.69) is 152 Å². The van der Waals surface area contributed by atoms with Gasteiger partial charge in [-0.2, -0.15) is 12.1 Å². The van der Waals surface area contributed by atoms with Crippen LogP contribution in [0.5, 0.6) is 0 Å². The number of fused-ring (bicyclic) bond motifs is 4. The van der Waals surface area contributed by atoms with Crippen LogP contribution in [0.1, 0.15) is 62.5 Å². The Kier molecular flexibility index (Phi) is 17.4. The number of rotatable bonds is 6. The first kappa shape index (κ1) is 45.4. The van der Waals surface area contributed by atoms with E-state index in [1.165, 1.54) is 164 Å². The summed E-state index contributed by atoms with van der Waals surface area (Å²) in [5.74, 6) is 1.80. The van der Waals surface area contributed by atoms with Gasteiger partial charge in [-0.25, -0.2) is 0 Å². The van der Waals surface area contributed by atoms with Gasteiger partial charge in [0.05, 0.1) is 0 Å². The zero-order valence-electron chi connectivity index (χ0n) is 32.9. The van der Waals surface area contributed by atoms with Gasteiger partial charge in [0.1, 0.15) is 0 Å². The van der Waals surface area contributed by atoms with Gasteiger partial charge in [0.25, 0.3) is 0 Å². The third-order valence-corrected chi connectivity index (χ3v) is 11.8. The van der Waals surface area contributed by atoms with Crippen LogP contribution in [0.15, 0.2) is 146 Å². The van der Waals surface area contributed by atoms with Crippen molar-refractivity contribution < 1.29 is 23.3 Å². The van der Waals surface area contributed by atoms with E-state index in [0.29, 0.717) is 0 Å². The fraction of sp³-hybridized carbons (Fsp3) is 0.231. The molecular formula is C52H54Cl2SiZr-4. The quantitative estimate of drug-likeness (QED) is 0.115. The van der Waals surface area contributed by atoms with Gasteiger partial charge in [-0.05, 0) is 57.3 Å². The minimum atomic E-state index is 0. The van der Waals surface area contributed by atoms with E-state index >= 15 is 0 Å². The van der Waals surface area contributed by atoms with E-state index in [-0.39, 0.29) is 39.7 Å². The maximum atomic E-state index is 3.06. The summed E-state index contributed by atoms with van der Waals surface area (Å²) in [6.45, 7) is 3.06. The molecule has 0 unspecified atom stereocenters. The summed E-state index contributed by atoms with van der Waals surface area (Å²) >= 11 is 1.36. The Morgan fingerprint density at radius 3 is 1.14 bits per heavy atom. The number of hydrogen-bond acceptors (Lipinski definition) is 0. The fourth-order valence-corrected chi connectivity index (χ4v) is 9.32. The molecule has 0 N–H and O–H groups in total. The Hall–Kier alpha value is -3.26. The molecule has 0 nitrogen and oxygen atoms in total. The molecule has 2 saturated carbocycles. The summed E-state index contributed by atoms with van der Waals surface area (Å²) < 4.78 is 0. The summed E-state index contributed by atoms with van der Waals surface area (Å²) in [7, 11) is 0. The van der Waals surface area contributed by atoms with Crippen molar-refractivity contribution >= 4 is 74.8 Å². The summed E-state index contributed by atoms with van der Waals surface area (Å²) in [5, 5.41) is 10.9. The molecule has 2 fully saturated rings. The molecule has 56 heavy (non-hydrogen) atoms. The summed E-state index contributed by atoms with van der Waals surface area (Å²) in [5.41, 5.74) is 8.48. The van der Waals surface area contributed by atoms with Gasteiger partial charge in [-0.1, -0.05) is 160 Å². The average molecular weight is 869 g/mol. The van der Waals surface area contributed by atoms with Crippen LogP contribution in [0.3, 0.4) is 0 Å². The van der Waals surface area contributed by atoms with Crippen molar-refractivity contribution in [1.82, 2.24) is 0 Å². The zero-order valence-corrected chi connectivity index (χ0v) is 38.0. The van der Waals surface area contributed by atoms with E-state index in [1.54, 1.807) is 0 Å². The Labute approximate surface area is 365 Å². The number of halogens is 2. The molecule has 8 aromatic rings. The molecule has 0 saturated heterocycles. The molecule has 2 aliphatic carbocycles. The van der Waals surface area contributed by atoms with Crippen LogP contribution in [-0.4, -0.2) is 6.88 Å². The predicted molar refractivity (Wildman–Crippen MR) is 249 cm³/mol. The van der Waals surface area contributed by atoms with Crippen molar-refractivity contribution in [2.75, 3.05) is 0 Å². The molecule has 10 rings (SSSR count). The molecule has 2 aliphatic rings. The topological polar surface area (TPSA) is 0 Å². The van der Waals surface area contributed by atoms with Crippen molar-refractivity contribution in [3.05, 3.63) is 172 Å². The SMILES string of the molecule is Cl.Cl.[CH3-].[CH3-].[Si]=[Zr].c1ccc2c(-c3cccc4[cH-]c(CC5CCCC5)cc34)cccc2c1.c1ccc2c(-c3cccc4[cH-]c(CC5CCCC5)cc34)cccc2c1. The molecule has 0 spiro atoms. The largest absolute Gasteiger partial charge is 0.164 e. The van der Waals surface area contributed by atoms with Gasteiger partial charge in [0, 0.05) is 0 Å². The van der Waals surface area contributed by atoms with Crippen LogP contribution in [0.4, 0.5) is 0 Å². The summed E-state index contributed by atoms with van der Waals surface area (Å²) in [4.78, 5) is 0. The molecule has 0 atom stereocenters. The summed E-state index contributed by atoms with van der Waals surface area (Å²) in [6, 6.07) is 54.0. The van der Waals surface area contributed by atoms with Crippen molar-refractivity contribution in [3.63, 3.8) is 0 Å². The van der Waals surface area contributed by atoms with Crippen LogP contribution in [0, 0.1) is 26.7 Å². The third kappa shape index (κ3) is 9.88. The van der Waals surface area contributed by atoms with E-state index in [0.717, 1.165) is 11.8 Å². The van der Waals surface area contributed by atoms with Crippen molar-refractivity contribution in [2.24, 2.45) is 11.8 Å². The number of hydrogen-bond donors (Lipinski definition) is 0. The molecule has 0 bridgehead atoms. The molecule has 0 heterocycles. The number of benzene rings is 6. The van der Waals surface area contributed by atoms with Gasteiger partial charge in [0.15, 0.2) is 0 Å².